The Hall–Kier alpha value is -2.01. The number of rotatable bonds is 3. The summed E-state index contributed by atoms with van der Waals surface area (Å²) in [6.45, 7) is 3.84. The van der Waals surface area contributed by atoms with Gasteiger partial charge in [0, 0.05) is 10.6 Å². The van der Waals surface area contributed by atoms with Gasteiger partial charge in [0.05, 0.1) is 6.61 Å². The molecule has 0 unspecified atom stereocenters. The molecule has 5 nitrogen and oxygen atoms in total. The van der Waals surface area contributed by atoms with Gasteiger partial charge in [0.25, 0.3) is 0 Å². The van der Waals surface area contributed by atoms with Gasteiger partial charge in [-0.05, 0) is 31.5 Å². The van der Waals surface area contributed by atoms with Gasteiger partial charge < -0.3 is 14.9 Å². The number of aryl methyl sites for hydroxylation is 1. The Labute approximate surface area is 115 Å². The lowest BCUT2D eigenvalue weighted by molar-refractivity contribution is 0.0521. The Morgan fingerprint density at radius 3 is 2.89 bits per heavy atom. The highest BCUT2D eigenvalue weighted by atomic mass is 35.5. The van der Waals surface area contributed by atoms with E-state index >= 15 is 0 Å². The highest BCUT2D eigenvalue weighted by Crippen LogP contribution is 2.27. The first kappa shape index (κ1) is 13.4. The predicted molar refractivity (Wildman–Crippen MR) is 72.1 cm³/mol. The molecular formula is C13H13ClN2O3. The van der Waals surface area contributed by atoms with Gasteiger partial charge in [-0.2, -0.15) is 4.98 Å². The molecule has 0 fully saturated rings. The first-order valence-electron chi connectivity index (χ1n) is 5.73. The van der Waals surface area contributed by atoms with Crippen LogP contribution in [0.4, 0.5) is 5.88 Å². The van der Waals surface area contributed by atoms with Gasteiger partial charge in [0.1, 0.15) is 0 Å². The maximum Gasteiger partial charge on any atom is 0.362 e. The summed E-state index contributed by atoms with van der Waals surface area (Å²) in [5.74, 6) is -0.430. The Morgan fingerprint density at radius 2 is 2.26 bits per heavy atom. The number of nitrogens with two attached hydrogens (primary N) is 1. The van der Waals surface area contributed by atoms with Crippen molar-refractivity contribution in [1.29, 1.82) is 0 Å². The van der Waals surface area contributed by atoms with Crippen molar-refractivity contribution in [3.63, 3.8) is 0 Å². The summed E-state index contributed by atoms with van der Waals surface area (Å²) in [4.78, 5) is 15.6. The van der Waals surface area contributed by atoms with Gasteiger partial charge in [-0.25, -0.2) is 4.79 Å². The molecule has 0 aliphatic carbocycles. The van der Waals surface area contributed by atoms with Crippen molar-refractivity contribution in [2.75, 3.05) is 12.3 Å². The average Bonchev–Trinajstić information content (AvgIpc) is 2.75. The second-order valence-corrected chi connectivity index (χ2v) is 4.32. The predicted octanol–water partition coefficient (Wildman–Crippen LogP) is 3.06. The summed E-state index contributed by atoms with van der Waals surface area (Å²) < 4.78 is 10.1. The normalized spacial score (nSPS) is 10.5. The summed E-state index contributed by atoms with van der Waals surface area (Å²) in [5, 5.41) is 0.590. The number of hydrogen-bond acceptors (Lipinski definition) is 5. The number of aromatic nitrogens is 1. The molecule has 0 radical (unpaired) electrons. The fourth-order valence-electron chi connectivity index (χ4n) is 1.53. The molecule has 0 saturated heterocycles. The quantitative estimate of drug-likeness (QED) is 0.874. The Kier molecular flexibility index (Phi) is 3.76. The second kappa shape index (κ2) is 5.32. The molecule has 1 heterocycles. The maximum absolute atomic E-state index is 11.6. The van der Waals surface area contributed by atoms with Crippen LogP contribution >= 0.6 is 11.6 Å². The van der Waals surface area contributed by atoms with Crippen LogP contribution in [0.5, 0.6) is 0 Å². The number of halogens is 1. The standard InChI is InChI=1S/C13H13ClN2O3/c1-3-18-13(17)10-11(15)19-12(16-10)8-5-4-7(2)9(14)6-8/h4-6H,3,15H2,1-2H3. The molecule has 0 bridgehead atoms. The SMILES string of the molecule is CCOC(=O)c1nc(-c2ccc(C)c(Cl)c2)oc1N. The van der Waals surface area contributed by atoms with E-state index in [0.29, 0.717) is 10.6 Å². The molecule has 0 aliphatic rings. The van der Waals surface area contributed by atoms with E-state index < -0.39 is 5.97 Å². The molecule has 1 aromatic carbocycles. The smallest absolute Gasteiger partial charge is 0.362 e. The number of ether oxygens (including phenoxy) is 1. The van der Waals surface area contributed by atoms with E-state index in [-0.39, 0.29) is 24.1 Å². The number of nitrogens with zero attached hydrogens (tertiary/aromatic N) is 1. The van der Waals surface area contributed by atoms with E-state index in [1.807, 2.05) is 13.0 Å². The van der Waals surface area contributed by atoms with E-state index in [2.05, 4.69) is 4.98 Å². The summed E-state index contributed by atoms with van der Waals surface area (Å²) in [7, 11) is 0. The highest BCUT2D eigenvalue weighted by molar-refractivity contribution is 6.31. The average molecular weight is 281 g/mol. The van der Waals surface area contributed by atoms with Crippen molar-refractivity contribution in [3.8, 4) is 11.5 Å². The topological polar surface area (TPSA) is 78.3 Å². The number of nitrogen functional groups attached to an aromatic ring is 1. The second-order valence-electron chi connectivity index (χ2n) is 3.92. The molecule has 2 rings (SSSR count). The molecular weight excluding hydrogens is 268 g/mol. The number of carbonyl (C=O) groups excluding carboxylic acids is 1. The van der Waals surface area contributed by atoms with Gasteiger partial charge in [0.2, 0.25) is 17.5 Å². The number of esters is 1. The van der Waals surface area contributed by atoms with Crippen molar-refractivity contribution in [1.82, 2.24) is 4.98 Å². The molecule has 6 heteroatoms. The van der Waals surface area contributed by atoms with Crippen LogP contribution in [0.3, 0.4) is 0 Å². The third-order valence-electron chi connectivity index (χ3n) is 2.54. The maximum atomic E-state index is 11.6. The molecule has 0 amide bonds. The van der Waals surface area contributed by atoms with Gasteiger partial charge in [-0.1, -0.05) is 17.7 Å². The molecule has 0 aliphatic heterocycles. The lowest BCUT2D eigenvalue weighted by Crippen LogP contribution is -2.07. The number of hydrogen-bond donors (Lipinski definition) is 1. The minimum Gasteiger partial charge on any atom is -0.461 e. The fraction of sp³-hybridized carbons (Fsp3) is 0.231. The molecule has 0 spiro atoms. The van der Waals surface area contributed by atoms with Crippen molar-refractivity contribution < 1.29 is 13.9 Å². The molecule has 19 heavy (non-hydrogen) atoms. The third kappa shape index (κ3) is 2.71. The van der Waals surface area contributed by atoms with Crippen LogP contribution < -0.4 is 5.73 Å². The van der Waals surface area contributed by atoms with E-state index in [0.717, 1.165) is 5.56 Å². The van der Waals surface area contributed by atoms with Gasteiger partial charge in [-0.3, -0.25) is 0 Å². The first-order valence-corrected chi connectivity index (χ1v) is 6.10. The molecule has 2 N–H and O–H groups in total. The Bertz CT molecular complexity index is 622. The van der Waals surface area contributed by atoms with Gasteiger partial charge >= 0.3 is 5.97 Å². The van der Waals surface area contributed by atoms with E-state index in [9.17, 15) is 4.79 Å². The number of carbonyl (C=O) groups is 1. The fourth-order valence-corrected chi connectivity index (χ4v) is 1.71. The first-order chi connectivity index (χ1) is 9.02. The van der Waals surface area contributed by atoms with Crippen LogP contribution in [0.25, 0.3) is 11.5 Å². The van der Waals surface area contributed by atoms with Crippen molar-refractivity contribution in [2.24, 2.45) is 0 Å². The van der Waals surface area contributed by atoms with Crippen LogP contribution in [-0.4, -0.2) is 17.6 Å². The van der Waals surface area contributed by atoms with Crippen molar-refractivity contribution >= 4 is 23.5 Å². The number of benzene rings is 1. The van der Waals surface area contributed by atoms with Crippen LogP contribution in [0.15, 0.2) is 22.6 Å². The molecule has 0 atom stereocenters. The monoisotopic (exact) mass is 280 g/mol. The van der Waals surface area contributed by atoms with E-state index in [1.165, 1.54) is 0 Å². The van der Waals surface area contributed by atoms with Crippen molar-refractivity contribution in [2.45, 2.75) is 13.8 Å². The van der Waals surface area contributed by atoms with Crippen LogP contribution in [-0.2, 0) is 4.74 Å². The third-order valence-corrected chi connectivity index (χ3v) is 2.95. The lowest BCUT2D eigenvalue weighted by atomic mass is 10.1. The van der Waals surface area contributed by atoms with Crippen molar-refractivity contribution in [3.05, 3.63) is 34.5 Å². The summed E-state index contributed by atoms with van der Waals surface area (Å²) >= 11 is 6.03. The minimum atomic E-state index is -0.604. The van der Waals surface area contributed by atoms with E-state index in [4.69, 9.17) is 26.5 Å². The summed E-state index contributed by atoms with van der Waals surface area (Å²) in [6, 6.07) is 5.33. The molecule has 0 saturated carbocycles. The summed E-state index contributed by atoms with van der Waals surface area (Å²) in [5.41, 5.74) is 7.19. The number of anilines is 1. The number of oxazole rings is 1. The van der Waals surface area contributed by atoms with Crippen LogP contribution in [0, 0.1) is 6.92 Å². The highest BCUT2D eigenvalue weighted by Gasteiger charge is 2.20. The minimum absolute atomic E-state index is 0.0199. The van der Waals surface area contributed by atoms with Crippen LogP contribution in [0.1, 0.15) is 23.0 Å². The van der Waals surface area contributed by atoms with Gasteiger partial charge in [0.15, 0.2) is 0 Å². The zero-order valence-corrected chi connectivity index (χ0v) is 11.3. The molecule has 1 aromatic heterocycles. The Morgan fingerprint density at radius 1 is 1.53 bits per heavy atom. The van der Waals surface area contributed by atoms with Gasteiger partial charge in [-0.15, -0.1) is 0 Å². The zero-order chi connectivity index (χ0) is 14.0. The lowest BCUT2D eigenvalue weighted by Gasteiger charge is -1.99. The molecule has 100 valence electrons. The van der Waals surface area contributed by atoms with Crippen LogP contribution in [0.2, 0.25) is 5.02 Å². The largest absolute Gasteiger partial charge is 0.461 e. The zero-order valence-electron chi connectivity index (χ0n) is 10.6. The van der Waals surface area contributed by atoms with E-state index in [1.54, 1.807) is 19.1 Å². The Balaban J connectivity index is 2.38. The summed E-state index contributed by atoms with van der Waals surface area (Å²) in [6.07, 6.45) is 0. The molecule has 2 aromatic rings.